The fourth-order valence-electron chi connectivity index (χ4n) is 1.18. The maximum atomic E-state index is 10.9. The number of carbonyl (C=O) groups is 2. The molecule has 0 radical (unpaired) electrons. The van der Waals surface area contributed by atoms with E-state index in [2.05, 4.69) is 11.3 Å². The largest absolute Gasteiger partial charge is 0.469 e. The highest BCUT2D eigenvalue weighted by Crippen LogP contribution is 2.13. The van der Waals surface area contributed by atoms with E-state index in [1.54, 1.807) is 36.4 Å². The van der Waals surface area contributed by atoms with Gasteiger partial charge in [0.05, 0.1) is 13.5 Å². The van der Waals surface area contributed by atoms with Crippen LogP contribution >= 0.6 is 0 Å². The quantitative estimate of drug-likeness (QED) is 0.454. The van der Waals surface area contributed by atoms with Gasteiger partial charge in [-0.3, -0.25) is 4.79 Å². The van der Waals surface area contributed by atoms with Gasteiger partial charge in [-0.1, -0.05) is 30.9 Å². The van der Waals surface area contributed by atoms with Crippen molar-refractivity contribution in [3.63, 3.8) is 0 Å². The SMILES string of the molecule is C=CC(=O)Oc1ccc(/C=C/CC(=O)OC)cc1. The van der Waals surface area contributed by atoms with Crippen LogP contribution < -0.4 is 4.74 Å². The second-order valence-corrected chi connectivity index (χ2v) is 3.38. The van der Waals surface area contributed by atoms with Crippen LogP contribution in [0.5, 0.6) is 5.75 Å². The summed E-state index contributed by atoms with van der Waals surface area (Å²) in [6.45, 7) is 3.31. The van der Waals surface area contributed by atoms with Gasteiger partial charge in [0.25, 0.3) is 0 Å². The minimum atomic E-state index is -0.496. The standard InChI is InChI=1S/C14H14O4/c1-3-13(15)18-12-9-7-11(8-10-12)5-4-6-14(16)17-2/h3-5,7-10H,1,6H2,2H3/b5-4+. The third kappa shape index (κ3) is 4.65. The van der Waals surface area contributed by atoms with Crippen LogP contribution in [0.3, 0.4) is 0 Å². The van der Waals surface area contributed by atoms with E-state index in [9.17, 15) is 9.59 Å². The zero-order valence-electron chi connectivity index (χ0n) is 10.1. The molecule has 4 heteroatoms. The molecule has 0 spiro atoms. The monoisotopic (exact) mass is 246 g/mol. The van der Waals surface area contributed by atoms with Crippen molar-refractivity contribution in [3.05, 3.63) is 48.6 Å². The second-order valence-electron chi connectivity index (χ2n) is 3.38. The number of hydrogen-bond acceptors (Lipinski definition) is 4. The first-order valence-electron chi connectivity index (χ1n) is 5.33. The third-order valence-corrected chi connectivity index (χ3v) is 2.09. The number of methoxy groups -OCH3 is 1. The lowest BCUT2D eigenvalue weighted by Crippen LogP contribution is -2.02. The fraction of sp³-hybridized carbons (Fsp3) is 0.143. The zero-order valence-corrected chi connectivity index (χ0v) is 10.1. The van der Waals surface area contributed by atoms with Crippen LogP contribution in [0.1, 0.15) is 12.0 Å². The summed E-state index contributed by atoms with van der Waals surface area (Å²) >= 11 is 0. The van der Waals surface area contributed by atoms with Crippen LogP contribution in [0.4, 0.5) is 0 Å². The van der Waals surface area contributed by atoms with Crippen LogP contribution in [0.2, 0.25) is 0 Å². The van der Waals surface area contributed by atoms with Crippen LogP contribution in [0, 0.1) is 0 Å². The molecule has 0 fully saturated rings. The van der Waals surface area contributed by atoms with Crippen molar-refractivity contribution < 1.29 is 19.1 Å². The zero-order chi connectivity index (χ0) is 13.4. The maximum absolute atomic E-state index is 10.9. The number of carbonyl (C=O) groups excluding carboxylic acids is 2. The van der Waals surface area contributed by atoms with E-state index in [-0.39, 0.29) is 12.4 Å². The molecule has 0 unspecified atom stereocenters. The van der Waals surface area contributed by atoms with Crippen molar-refractivity contribution in [2.75, 3.05) is 7.11 Å². The smallest absolute Gasteiger partial charge is 0.335 e. The molecule has 0 saturated carbocycles. The summed E-state index contributed by atoms with van der Waals surface area (Å²) in [6.07, 6.45) is 4.82. The summed E-state index contributed by atoms with van der Waals surface area (Å²) in [5, 5.41) is 0. The highest BCUT2D eigenvalue weighted by atomic mass is 16.5. The minimum Gasteiger partial charge on any atom is -0.469 e. The molecule has 1 aromatic rings. The summed E-state index contributed by atoms with van der Waals surface area (Å²) in [4.78, 5) is 21.8. The Balaban J connectivity index is 2.57. The lowest BCUT2D eigenvalue weighted by molar-refractivity contribution is -0.139. The molecule has 0 amide bonds. The predicted molar refractivity (Wildman–Crippen MR) is 67.9 cm³/mol. The molecule has 0 atom stereocenters. The summed E-state index contributed by atoms with van der Waals surface area (Å²) in [6, 6.07) is 6.89. The number of hydrogen-bond donors (Lipinski definition) is 0. The van der Waals surface area contributed by atoms with Gasteiger partial charge in [0.1, 0.15) is 5.75 Å². The average Bonchev–Trinajstić information content (AvgIpc) is 2.40. The first-order valence-corrected chi connectivity index (χ1v) is 5.33. The van der Waals surface area contributed by atoms with Gasteiger partial charge < -0.3 is 9.47 Å². The van der Waals surface area contributed by atoms with Gasteiger partial charge in [-0.25, -0.2) is 4.79 Å². The van der Waals surface area contributed by atoms with E-state index in [1.165, 1.54) is 7.11 Å². The normalized spacial score (nSPS) is 10.1. The molecular formula is C14H14O4. The molecule has 0 bridgehead atoms. The third-order valence-electron chi connectivity index (χ3n) is 2.09. The first kappa shape index (κ1) is 13.7. The Morgan fingerprint density at radius 2 is 1.94 bits per heavy atom. The van der Waals surface area contributed by atoms with Gasteiger partial charge in [-0.15, -0.1) is 0 Å². The highest BCUT2D eigenvalue weighted by Gasteiger charge is 1.99. The Hall–Kier alpha value is -2.36. The second kappa shape index (κ2) is 7.06. The molecule has 94 valence electrons. The van der Waals surface area contributed by atoms with Crippen molar-refractivity contribution >= 4 is 18.0 Å². The van der Waals surface area contributed by atoms with Crippen LogP contribution in [-0.2, 0) is 14.3 Å². The Morgan fingerprint density at radius 3 is 2.50 bits per heavy atom. The molecule has 18 heavy (non-hydrogen) atoms. The van der Waals surface area contributed by atoms with Crippen molar-refractivity contribution in [3.8, 4) is 5.75 Å². The minimum absolute atomic E-state index is 0.226. The molecule has 0 aliphatic carbocycles. The molecule has 1 aromatic carbocycles. The number of ether oxygens (including phenoxy) is 2. The van der Waals surface area contributed by atoms with E-state index in [1.807, 2.05) is 0 Å². The molecule has 0 aromatic heterocycles. The maximum Gasteiger partial charge on any atom is 0.335 e. The molecule has 0 N–H and O–H groups in total. The van der Waals surface area contributed by atoms with Crippen LogP contribution in [-0.4, -0.2) is 19.0 Å². The Morgan fingerprint density at radius 1 is 1.28 bits per heavy atom. The molecule has 0 heterocycles. The summed E-state index contributed by atoms with van der Waals surface area (Å²) in [5.41, 5.74) is 0.900. The Bertz CT molecular complexity index is 457. The van der Waals surface area contributed by atoms with Gasteiger partial charge >= 0.3 is 11.9 Å². The van der Waals surface area contributed by atoms with Crippen molar-refractivity contribution in [1.82, 2.24) is 0 Å². The molecule has 0 aliphatic rings. The van der Waals surface area contributed by atoms with E-state index in [4.69, 9.17) is 4.74 Å². The van der Waals surface area contributed by atoms with E-state index >= 15 is 0 Å². The van der Waals surface area contributed by atoms with Crippen LogP contribution in [0.25, 0.3) is 6.08 Å². The Labute approximate surface area is 106 Å². The topological polar surface area (TPSA) is 52.6 Å². The molecular weight excluding hydrogens is 232 g/mol. The van der Waals surface area contributed by atoms with Gasteiger partial charge in [-0.2, -0.15) is 0 Å². The van der Waals surface area contributed by atoms with Crippen molar-refractivity contribution in [1.29, 1.82) is 0 Å². The Kier molecular flexibility index (Phi) is 5.38. The van der Waals surface area contributed by atoms with Gasteiger partial charge in [0.15, 0.2) is 0 Å². The molecule has 0 aliphatic heterocycles. The summed E-state index contributed by atoms with van der Waals surface area (Å²) < 4.78 is 9.43. The summed E-state index contributed by atoms with van der Waals surface area (Å²) in [7, 11) is 1.35. The van der Waals surface area contributed by atoms with Crippen LogP contribution in [0.15, 0.2) is 43.0 Å². The highest BCUT2D eigenvalue weighted by molar-refractivity contribution is 5.83. The van der Waals surface area contributed by atoms with Crippen molar-refractivity contribution in [2.45, 2.75) is 6.42 Å². The molecule has 4 nitrogen and oxygen atoms in total. The van der Waals surface area contributed by atoms with Gasteiger partial charge in [0.2, 0.25) is 0 Å². The van der Waals surface area contributed by atoms with E-state index in [0.29, 0.717) is 5.75 Å². The molecule has 1 rings (SSSR count). The average molecular weight is 246 g/mol. The van der Waals surface area contributed by atoms with Gasteiger partial charge in [0, 0.05) is 6.08 Å². The number of benzene rings is 1. The van der Waals surface area contributed by atoms with Gasteiger partial charge in [-0.05, 0) is 17.7 Å². The predicted octanol–water partition coefficient (Wildman–Crippen LogP) is 2.35. The number of rotatable bonds is 5. The summed E-state index contributed by atoms with van der Waals surface area (Å²) in [5.74, 6) is -0.336. The lowest BCUT2D eigenvalue weighted by Gasteiger charge is -2.01. The lowest BCUT2D eigenvalue weighted by atomic mass is 10.2. The first-order chi connectivity index (χ1) is 8.65. The van der Waals surface area contributed by atoms with E-state index in [0.717, 1.165) is 11.6 Å². The van der Waals surface area contributed by atoms with E-state index < -0.39 is 5.97 Å². The number of esters is 2. The molecule has 0 saturated heterocycles. The van der Waals surface area contributed by atoms with Crippen molar-refractivity contribution in [2.24, 2.45) is 0 Å². The fourth-order valence-corrected chi connectivity index (χ4v) is 1.18.